The molecule has 0 aliphatic rings. The summed E-state index contributed by atoms with van der Waals surface area (Å²) in [5, 5.41) is 13.8. The smallest absolute Gasteiger partial charge is 0.166 e. The molecule has 5 nitrogen and oxygen atoms in total. The van der Waals surface area contributed by atoms with Crippen LogP contribution in [-0.2, 0) is 0 Å². The highest BCUT2D eigenvalue weighted by atomic mass is 19.2. The van der Waals surface area contributed by atoms with E-state index in [0.717, 1.165) is 6.07 Å². The Hall–Kier alpha value is -3.09. The molecule has 7 heteroatoms. The number of aromatic nitrogens is 3. The standard InChI is InChI=1S/C16H13F2N5/c1-19-13-7-8-15(23-22-13)21-14-6-5-10(9-20-14)11-3-2-4-12(17)16(11)18/h2-9H,1H3,(H,19,22)(H,20,21,23). The molecule has 0 atom stereocenters. The number of hydrogen-bond donors (Lipinski definition) is 2. The quantitative estimate of drug-likeness (QED) is 0.770. The number of anilines is 3. The predicted octanol–water partition coefficient (Wildman–Crippen LogP) is 3.60. The minimum Gasteiger partial charge on any atom is -0.372 e. The van der Waals surface area contributed by atoms with Crippen LogP contribution in [0.15, 0.2) is 48.7 Å². The molecule has 0 fully saturated rings. The molecule has 0 saturated heterocycles. The Morgan fingerprint density at radius 1 is 0.870 bits per heavy atom. The molecular formula is C16H13F2N5. The Morgan fingerprint density at radius 2 is 1.61 bits per heavy atom. The Bertz CT molecular complexity index is 804. The van der Waals surface area contributed by atoms with Gasteiger partial charge in [-0.3, -0.25) is 0 Å². The Labute approximate surface area is 131 Å². The molecule has 0 aliphatic heterocycles. The van der Waals surface area contributed by atoms with E-state index in [1.807, 2.05) is 0 Å². The van der Waals surface area contributed by atoms with Gasteiger partial charge in [-0.05, 0) is 30.3 Å². The van der Waals surface area contributed by atoms with E-state index < -0.39 is 11.6 Å². The largest absolute Gasteiger partial charge is 0.372 e. The highest BCUT2D eigenvalue weighted by Crippen LogP contribution is 2.25. The van der Waals surface area contributed by atoms with Gasteiger partial charge in [0.15, 0.2) is 17.5 Å². The van der Waals surface area contributed by atoms with Crippen molar-refractivity contribution in [3.05, 3.63) is 60.3 Å². The number of rotatable bonds is 4. The van der Waals surface area contributed by atoms with Crippen LogP contribution in [0.4, 0.5) is 26.2 Å². The van der Waals surface area contributed by atoms with Gasteiger partial charge in [0.05, 0.1) is 0 Å². The maximum atomic E-state index is 13.8. The van der Waals surface area contributed by atoms with E-state index in [9.17, 15) is 8.78 Å². The molecule has 0 radical (unpaired) electrons. The molecule has 23 heavy (non-hydrogen) atoms. The van der Waals surface area contributed by atoms with E-state index in [4.69, 9.17) is 0 Å². The number of nitrogens with one attached hydrogen (secondary N) is 2. The highest BCUT2D eigenvalue weighted by Gasteiger charge is 2.10. The average molecular weight is 313 g/mol. The van der Waals surface area contributed by atoms with E-state index in [0.29, 0.717) is 23.0 Å². The molecule has 0 spiro atoms. The maximum Gasteiger partial charge on any atom is 0.166 e. The van der Waals surface area contributed by atoms with Gasteiger partial charge >= 0.3 is 0 Å². The summed E-state index contributed by atoms with van der Waals surface area (Å²) in [4.78, 5) is 4.18. The molecule has 0 saturated carbocycles. The fourth-order valence-corrected chi connectivity index (χ4v) is 2.02. The first-order chi connectivity index (χ1) is 11.2. The van der Waals surface area contributed by atoms with Crippen LogP contribution < -0.4 is 10.6 Å². The van der Waals surface area contributed by atoms with Gasteiger partial charge in [-0.1, -0.05) is 12.1 Å². The number of hydrogen-bond acceptors (Lipinski definition) is 5. The van der Waals surface area contributed by atoms with Crippen molar-refractivity contribution in [2.75, 3.05) is 17.7 Å². The van der Waals surface area contributed by atoms with Crippen LogP contribution in [0.5, 0.6) is 0 Å². The van der Waals surface area contributed by atoms with Crippen LogP contribution in [0.3, 0.4) is 0 Å². The molecule has 2 N–H and O–H groups in total. The molecule has 3 rings (SSSR count). The molecular weight excluding hydrogens is 300 g/mol. The Balaban J connectivity index is 1.80. The maximum absolute atomic E-state index is 13.8. The number of nitrogens with zero attached hydrogens (tertiary/aromatic N) is 3. The van der Waals surface area contributed by atoms with Crippen molar-refractivity contribution in [3.8, 4) is 11.1 Å². The lowest BCUT2D eigenvalue weighted by Gasteiger charge is -2.07. The lowest BCUT2D eigenvalue weighted by Crippen LogP contribution is -2.00. The minimum atomic E-state index is -0.886. The first-order valence-corrected chi connectivity index (χ1v) is 6.86. The van der Waals surface area contributed by atoms with Crippen LogP contribution in [0, 0.1) is 11.6 Å². The van der Waals surface area contributed by atoms with Crippen molar-refractivity contribution in [3.63, 3.8) is 0 Å². The predicted molar refractivity (Wildman–Crippen MR) is 84.5 cm³/mol. The SMILES string of the molecule is CNc1ccc(Nc2ccc(-c3cccc(F)c3F)cn2)nn1. The van der Waals surface area contributed by atoms with Gasteiger partial charge in [-0.25, -0.2) is 13.8 Å². The van der Waals surface area contributed by atoms with Crippen molar-refractivity contribution in [2.24, 2.45) is 0 Å². The molecule has 2 aromatic heterocycles. The number of benzene rings is 1. The highest BCUT2D eigenvalue weighted by molar-refractivity contribution is 5.65. The van der Waals surface area contributed by atoms with Gasteiger partial charge < -0.3 is 10.6 Å². The second-order valence-electron chi connectivity index (χ2n) is 4.71. The molecule has 2 heterocycles. The van der Waals surface area contributed by atoms with Crippen LogP contribution in [0.1, 0.15) is 0 Å². The topological polar surface area (TPSA) is 62.7 Å². The van der Waals surface area contributed by atoms with Crippen molar-refractivity contribution in [1.82, 2.24) is 15.2 Å². The third-order valence-corrected chi connectivity index (χ3v) is 3.20. The molecule has 1 aromatic carbocycles. The zero-order valence-electron chi connectivity index (χ0n) is 12.2. The van der Waals surface area contributed by atoms with Gasteiger partial charge in [0.2, 0.25) is 0 Å². The summed E-state index contributed by atoms with van der Waals surface area (Å²) in [6.07, 6.45) is 1.47. The second-order valence-corrected chi connectivity index (χ2v) is 4.71. The molecule has 0 aliphatic carbocycles. The average Bonchev–Trinajstić information content (AvgIpc) is 2.59. The monoisotopic (exact) mass is 313 g/mol. The van der Waals surface area contributed by atoms with Gasteiger partial charge in [-0.2, -0.15) is 0 Å². The normalized spacial score (nSPS) is 10.4. The van der Waals surface area contributed by atoms with E-state index >= 15 is 0 Å². The van der Waals surface area contributed by atoms with E-state index in [1.54, 1.807) is 31.3 Å². The summed E-state index contributed by atoms with van der Waals surface area (Å²) in [7, 11) is 1.75. The van der Waals surface area contributed by atoms with Gasteiger partial charge in [0.1, 0.15) is 11.6 Å². The van der Waals surface area contributed by atoms with Gasteiger partial charge in [0.25, 0.3) is 0 Å². The summed E-state index contributed by atoms with van der Waals surface area (Å²) in [6.45, 7) is 0. The zero-order valence-corrected chi connectivity index (χ0v) is 12.2. The van der Waals surface area contributed by atoms with E-state index in [2.05, 4.69) is 25.8 Å². The van der Waals surface area contributed by atoms with E-state index in [1.165, 1.54) is 18.3 Å². The summed E-state index contributed by atoms with van der Waals surface area (Å²) in [5.74, 6) is -0.0631. The molecule has 116 valence electrons. The van der Waals surface area contributed by atoms with Crippen molar-refractivity contribution >= 4 is 17.5 Å². The van der Waals surface area contributed by atoms with Crippen LogP contribution >= 0.6 is 0 Å². The van der Waals surface area contributed by atoms with Crippen LogP contribution in [-0.4, -0.2) is 22.2 Å². The third kappa shape index (κ3) is 3.23. The number of halogens is 2. The summed E-state index contributed by atoms with van der Waals surface area (Å²) in [6, 6.07) is 10.9. The summed E-state index contributed by atoms with van der Waals surface area (Å²) < 4.78 is 27.0. The third-order valence-electron chi connectivity index (χ3n) is 3.20. The van der Waals surface area contributed by atoms with Crippen molar-refractivity contribution < 1.29 is 8.78 Å². The van der Waals surface area contributed by atoms with Crippen molar-refractivity contribution in [1.29, 1.82) is 0 Å². The fraction of sp³-hybridized carbons (Fsp3) is 0.0625. The van der Waals surface area contributed by atoms with E-state index in [-0.39, 0.29) is 5.56 Å². The van der Waals surface area contributed by atoms with Gasteiger partial charge in [0, 0.05) is 24.4 Å². The summed E-state index contributed by atoms with van der Waals surface area (Å²) in [5.41, 5.74) is 0.659. The lowest BCUT2D eigenvalue weighted by molar-refractivity contribution is 0.511. The fourth-order valence-electron chi connectivity index (χ4n) is 2.02. The first kappa shape index (κ1) is 14.8. The summed E-state index contributed by atoms with van der Waals surface area (Å²) >= 11 is 0. The minimum absolute atomic E-state index is 0.169. The lowest BCUT2D eigenvalue weighted by atomic mass is 10.1. The second kappa shape index (κ2) is 6.35. The molecule has 0 amide bonds. The zero-order chi connectivity index (χ0) is 16.2. The molecule has 0 bridgehead atoms. The number of pyridine rings is 1. The van der Waals surface area contributed by atoms with Crippen LogP contribution in [0.25, 0.3) is 11.1 Å². The van der Waals surface area contributed by atoms with Crippen LogP contribution in [0.2, 0.25) is 0 Å². The first-order valence-electron chi connectivity index (χ1n) is 6.86. The molecule has 3 aromatic rings. The Morgan fingerprint density at radius 3 is 2.26 bits per heavy atom. The van der Waals surface area contributed by atoms with Crippen molar-refractivity contribution in [2.45, 2.75) is 0 Å². The Kier molecular flexibility index (Phi) is 4.09. The molecule has 0 unspecified atom stereocenters. The van der Waals surface area contributed by atoms with Gasteiger partial charge in [-0.15, -0.1) is 10.2 Å².